The van der Waals surface area contributed by atoms with Gasteiger partial charge in [0.1, 0.15) is 0 Å². The first-order valence-electron chi connectivity index (χ1n) is 6.70. The van der Waals surface area contributed by atoms with Gasteiger partial charge in [-0.25, -0.2) is 0 Å². The molecule has 6 heteroatoms. The van der Waals surface area contributed by atoms with Gasteiger partial charge in [-0.1, -0.05) is 24.6 Å². The maximum atomic E-state index is 12.0. The number of rotatable bonds is 6. The molecule has 1 aromatic rings. The Morgan fingerprint density at radius 2 is 1.81 bits per heavy atom. The zero-order chi connectivity index (χ0) is 15.1. The van der Waals surface area contributed by atoms with Gasteiger partial charge < -0.3 is 15.5 Å². The second kappa shape index (κ2) is 9.37. The lowest BCUT2D eigenvalue weighted by Crippen LogP contribution is -2.40. The fraction of sp³-hybridized carbons (Fsp3) is 0.467. The van der Waals surface area contributed by atoms with E-state index in [1.165, 1.54) is 4.90 Å². The van der Waals surface area contributed by atoms with Crippen LogP contribution in [0.15, 0.2) is 24.3 Å². The van der Waals surface area contributed by atoms with Gasteiger partial charge in [0.15, 0.2) is 0 Å². The van der Waals surface area contributed by atoms with Crippen molar-refractivity contribution < 1.29 is 9.59 Å². The highest BCUT2D eigenvalue weighted by Crippen LogP contribution is 2.08. The van der Waals surface area contributed by atoms with Crippen molar-refractivity contribution in [2.24, 2.45) is 5.92 Å². The molecule has 5 nitrogen and oxygen atoms in total. The molecule has 2 N–H and O–H groups in total. The molecule has 21 heavy (non-hydrogen) atoms. The van der Waals surface area contributed by atoms with Crippen molar-refractivity contribution in [1.82, 2.24) is 10.2 Å². The van der Waals surface area contributed by atoms with Crippen molar-refractivity contribution in [3.05, 3.63) is 29.8 Å². The molecule has 1 rings (SSSR count). The van der Waals surface area contributed by atoms with Crippen molar-refractivity contribution >= 4 is 29.9 Å². The number of halogens is 1. The standard InChI is InChI=1S/C15H23N3O2.ClH/c1-11-5-7-13(8-6-11)17-14(19)10-18(4)15(20)12(2)9-16-3;/h5-8,12,16H,9-10H2,1-4H3,(H,17,19);1H. The van der Waals surface area contributed by atoms with Crippen LogP contribution in [0.4, 0.5) is 5.69 Å². The Labute approximate surface area is 132 Å². The highest BCUT2D eigenvalue weighted by atomic mass is 35.5. The number of amides is 2. The molecule has 1 unspecified atom stereocenters. The van der Waals surface area contributed by atoms with E-state index in [0.717, 1.165) is 11.3 Å². The lowest BCUT2D eigenvalue weighted by Gasteiger charge is -2.20. The highest BCUT2D eigenvalue weighted by Gasteiger charge is 2.18. The SMILES string of the molecule is CNCC(C)C(=O)N(C)CC(=O)Nc1ccc(C)cc1.Cl. The molecule has 0 fully saturated rings. The van der Waals surface area contributed by atoms with Crippen molar-refractivity contribution in [2.45, 2.75) is 13.8 Å². The molecule has 0 radical (unpaired) electrons. The van der Waals surface area contributed by atoms with Gasteiger partial charge in [0.2, 0.25) is 11.8 Å². The molecular formula is C15H24ClN3O2. The maximum absolute atomic E-state index is 12.0. The topological polar surface area (TPSA) is 61.4 Å². The zero-order valence-corrected chi connectivity index (χ0v) is 13.8. The summed E-state index contributed by atoms with van der Waals surface area (Å²) in [6, 6.07) is 7.55. The lowest BCUT2D eigenvalue weighted by atomic mass is 10.1. The third kappa shape index (κ3) is 6.60. The fourth-order valence-electron chi connectivity index (χ4n) is 1.90. The van der Waals surface area contributed by atoms with Gasteiger partial charge in [-0.05, 0) is 26.1 Å². The van der Waals surface area contributed by atoms with Crippen LogP contribution in [0.2, 0.25) is 0 Å². The normalized spacial score (nSPS) is 11.2. The molecule has 0 saturated heterocycles. The number of nitrogens with zero attached hydrogens (tertiary/aromatic N) is 1. The number of hydrogen-bond donors (Lipinski definition) is 2. The number of nitrogens with one attached hydrogen (secondary N) is 2. The van der Waals surface area contributed by atoms with Crippen LogP contribution in [-0.4, -0.2) is 43.9 Å². The van der Waals surface area contributed by atoms with Gasteiger partial charge in [0.25, 0.3) is 0 Å². The molecule has 0 aromatic heterocycles. The van der Waals surface area contributed by atoms with Crippen LogP contribution >= 0.6 is 12.4 Å². The number of carbonyl (C=O) groups excluding carboxylic acids is 2. The monoisotopic (exact) mass is 313 g/mol. The summed E-state index contributed by atoms with van der Waals surface area (Å²) in [6.45, 7) is 4.48. The average Bonchev–Trinajstić information content (AvgIpc) is 2.40. The third-order valence-corrected chi connectivity index (χ3v) is 3.02. The molecule has 0 heterocycles. The Kier molecular flexibility index (Phi) is 8.66. The molecule has 1 atom stereocenters. The molecule has 118 valence electrons. The van der Waals surface area contributed by atoms with Gasteiger partial charge in [0.05, 0.1) is 6.54 Å². The fourth-order valence-corrected chi connectivity index (χ4v) is 1.90. The smallest absolute Gasteiger partial charge is 0.243 e. The minimum absolute atomic E-state index is 0. The van der Waals surface area contributed by atoms with E-state index < -0.39 is 0 Å². The Morgan fingerprint density at radius 1 is 1.24 bits per heavy atom. The molecule has 0 bridgehead atoms. The van der Waals surface area contributed by atoms with Gasteiger partial charge in [0, 0.05) is 25.2 Å². The first kappa shape index (κ1) is 19.4. The Morgan fingerprint density at radius 3 is 2.33 bits per heavy atom. The Hall–Kier alpha value is -1.59. The van der Waals surface area contributed by atoms with E-state index in [4.69, 9.17) is 0 Å². The molecule has 0 aliphatic heterocycles. The predicted octanol–water partition coefficient (Wildman–Crippen LogP) is 1.67. The number of carbonyl (C=O) groups is 2. The van der Waals surface area contributed by atoms with Crippen LogP contribution < -0.4 is 10.6 Å². The number of aryl methyl sites for hydroxylation is 1. The molecule has 0 aliphatic carbocycles. The van der Waals surface area contributed by atoms with E-state index >= 15 is 0 Å². The van der Waals surface area contributed by atoms with E-state index in [9.17, 15) is 9.59 Å². The van der Waals surface area contributed by atoms with Gasteiger partial charge >= 0.3 is 0 Å². The summed E-state index contributed by atoms with van der Waals surface area (Å²) in [5.41, 5.74) is 1.88. The van der Waals surface area contributed by atoms with Crippen LogP contribution in [-0.2, 0) is 9.59 Å². The zero-order valence-electron chi connectivity index (χ0n) is 13.0. The molecule has 0 spiro atoms. The summed E-state index contributed by atoms with van der Waals surface area (Å²) >= 11 is 0. The number of benzene rings is 1. The largest absolute Gasteiger partial charge is 0.336 e. The first-order chi connectivity index (χ1) is 9.43. The number of likely N-dealkylation sites (N-methyl/N-ethyl adjacent to an activating group) is 1. The van der Waals surface area contributed by atoms with Crippen LogP contribution in [0, 0.1) is 12.8 Å². The Balaban J connectivity index is 0.00000400. The minimum Gasteiger partial charge on any atom is -0.336 e. The van der Waals surface area contributed by atoms with E-state index in [1.807, 2.05) is 38.1 Å². The van der Waals surface area contributed by atoms with Crippen LogP contribution in [0.1, 0.15) is 12.5 Å². The maximum Gasteiger partial charge on any atom is 0.243 e. The van der Waals surface area contributed by atoms with Crippen LogP contribution in [0.25, 0.3) is 0 Å². The number of hydrogen-bond acceptors (Lipinski definition) is 3. The Bertz CT molecular complexity index is 462. The van der Waals surface area contributed by atoms with Gasteiger partial charge in [-0.3, -0.25) is 9.59 Å². The molecule has 2 amide bonds. The number of anilines is 1. The van der Waals surface area contributed by atoms with Crippen molar-refractivity contribution in [3.63, 3.8) is 0 Å². The lowest BCUT2D eigenvalue weighted by molar-refractivity contribution is -0.136. The molecular weight excluding hydrogens is 290 g/mol. The van der Waals surface area contributed by atoms with E-state index in [2.05, 4.69) is 10.6 Å². The van der Waals surface area contributed by atoms with Crippen LogP contribution in [0.5, 0.6) is 0 Å². The minimum atomic E-state index is -0.193. The van der Waals surface area contributed by atoms with Gasteiger partial charge in [-0.15, -0.1) is 12.4 Å². The average molecular weight is 314 g/mol. The second-order valence-electron chi connectivity index (χ2n) is 5.07. The molecule has 0 saturated carbocycles. The summed E-state index contributed by atoms with van der Waals surface area (Å²) in [6.07, 6.45) is 0. The van der Waals surface area contributed by atoms with E-state index in [1.54, 1.807) is 14.1 Å². The highest BCUT2D eigenvalue weighted by molar-refractivity contribution is 5.94. The summed E-state index contributed by atoms with van der Waals surface area (Å²) < 4.78 is 0. The quantitative estimate of drug-likeness (QED) is 0.840. The predicted molar refractivity (Wildman–Crippen MR) is 87.8 cm³/mol. The second-order valence-corrected chi connectivity index (χ2v) is 5.07. The van der Waals surface area contributed by atoms with Crippen molar-refractivity contribution in [1.29, 1.82) is 0 Å². The van der Waals surface area contributed by atoms with Crippen LogP contribution in [0.3, 0.4) is 0 Å². The van der Waals surface area contributed by atoms with Crippen molar-refractivity contribution in [2.75, 3.05) is 32.5 Å². The summed E-state index contributed by atoms with van der Waals surface area (Å²) in [4.78, 5) is 25.3. The van der Waals surface area contributed by atoms with Gasteiger partial charge in [-0.2, -0.15) is 0 Å². The first-order valence-corrected chi connectivity index (χ1v) is 6.70. The molecule has 0 aliphatic rings. The van der Waals surface area contributed by atoms with E-state index in [0.29, 0.717) is 6.54 Å². The summed E-state index contributed by atoms with van der Waals surface area (Å²) in [5, 5.41) is 5.73. The van der Waals surface area contributed by atoms with E-state index in [-0.39, 0.29) is 36.7 Å². The van der Waals surface area contributed by atoms with Crippen molar-refractivity contribution in [3.8, 4) is 0 Å². The summed E-state index contributed by atoms with van der Waals surface area (Å²) in [5.74, 6) is -0.378. The third-order valence-electron chi connectivity index (χ3n) is 3.02. The summed E-state index contributed by atoms with van der Waals surface area (Å²) in [7, 11) is 3.44. The molecule has 1 aromatic carbocycles.